The van der Waals surface area contributed by atoms with Gasteiger partial charge in [0.05, 0.1) is 11.4 Å². The first kappa shape index (κ1) is 23.4. The molecule has 0 amide bonds. The lowest BCUT2D eigenvalue weighted by atomic mass is 9.74. The summed E-state index contributed by atoms with van der Waals surface area (Å²) in [6.45, 7) is 4.04. The Morgan fingerprint density at radius 3 is 1.31 bits per heavy atom. The summed E-state index contributed by atoms with van der Waals surface area (Å²) in [7, 11) is 0. The molecule has 0 aliphatic rings. The number of benzene rings is 4. The highest BCUT2D eigenvalue weighted by Gasteiger charge is 2.30. The molecule has 0 saturated heterocycles. The zero-order valence-electron chi connectivity index (χ0n) is 19.6. The minimum atomic E-state index is -0.662. The van der Waals surface area contributed by atoms with Crippen molar-refractivity contribution in [2.24, 2.45) is 0 Å². The van der Waals surface area contributed by atoms with Crippen molar-refractivity contribution < 1.29 is 10.2 Å². The summed E-state index contributed by atoms with van der Waals surface area (Å²) < 4.78 is 0. The molecule has 0 aliphatic heterocycles. The molecule has 4 rings (SSSR count). The predicted molar refractivity (Wildman–Crippen MR) is 142 cm³/mol. The van der Waals surface area contributed by atoms with E-state index >= 15 is 0 Å². The molecule has 0 unspecified atom stereocenters. The van der Waals surface area contributed by atoms with E-state index in [1.165, 1.54) is 0 Å². The molecule has 4 aromatic rings. The van der Waals surface area contributed by atoms with E-state index in [-0.39, 0.29) is 22.9 Å². The van der Waals surface area contributed by atoms with Gasteiger partial charge in [-0.1, -0.05) is 73.9 Å². The second-order valence-corrected chi connectivity index (χ2v) is 8.77. The van der Waals surface area contributed by atoms with Gasteiger partial charge in [-0.15, -0.1) is 0 Å². The summed E-state index contributed by atoms with van der Waals surface area (Å²) in [6, 6.07) is 25.9. The van der Waals surface area contributed by atoms with Gasteiger partial charge in [-0.2, -0.15) is 0 Å². The average Bonchev–Trinajstić information content (AvgIpc) is 2.86. The number of rotatable bonds is 2. The van der Waals surface area contributed by atoms with Crippen LogP contribution in [0, 0.1) is 23.7 Å². The van der Waals surface area contributed by atoms with Crippen LogP contribution in [0.1, 0.15) is 47.2 Å². The number of anilines is 2. The SMILES string of the molecule is CC(C)(c1cc(N)c(O)cc1C#Cc1ccccc1)c1cc(N)c(O)cc1C#Cc1ccccc1. The van der Waals surface area contributed by atoms with Crippen LogP contribution in [-0.4, -0.2) is 10.2 Å². The Balaban J connectivity index is 1.89. The monoisotopic (exact) mass is 458 g/mol. The van der Waals surface area contributed by atoms with Crippen molar-refractivity contribution in [1.29, 1.82) is 0 Å². The van der Waals surface area contributed by atoms with Crippen molar-refractivity contribution in [1.82, 2.24) is 0 Å². The number of phenols is 2. The Labute approximate surface area is 205 Å². The Morgan fingerprint density at radius 2 is 0.943 bits per heavy atom. The van der Waals surface area contributed by atoms with Crippen molar-refractivity contribution in [3.8, 4) is 35.2 Å². The van der Waals surface area contributed by atoms with Crippen molar-refractivity contribution >= 4 is 11.4 Å². The summed E-state index contributed by atoms with van der Waals surface area (Å²) in [5.41, 5.74) is 16.7. The van der Waals surface area contributed by atoms with E-state index in [0.29, 0.717) is 11.1 Å². The number of nitrogen functional groups attached to an aromatic ring is 2. The minimum absolute atomic E-state index is 0.0313. The summed E-state index contributed by atoms with van der Waals surface area (Å²) in [5, 5.41) is 20.7. The topological polar surface area (TPSA) is 92.5 Å². The van der Waals surface area contributed by atoms with Crippen LogP contribution < -0.4 is 11.5 Å². The fourth-order valence-corrected chi connectivity index (χ4v) is 3.92. The third-order valence-corrected chi connectivity index (χ3v) is 5.91. The van der Waals surface area contributed by atoms with Gasteiger partial charge in [0.1, 0.15) is 11.5 Å². The van der Waals surface area contributed by atoms with Gasteiger partial charge < -0.3 is 21.7 Å². The highest BCUT2D eigenvalue weighted by atomic mass is 16.3. The molecule has 4 aromatic carbocycles. The lowest BCUT2D eigenvalue weighted by molar-refractivity contribution is 0.476. The molecule has 0 atom stereocenters. The zero-order valence-corrected chi connectivity index (χ0v) is 19.6. The maximum Gasteiger partial charge on any atom is 0.139 e. The van der Waals surface area contributed by atoms with E-state index in [2.05, 4.69) is 23.7 Å². The molecular formula is C31H26N2O2. The van der Waals surface area contributed by atoms with E-state index in [9.17, 15) is 10.2 Å². The van der Waals surface area contributed by atoms with E-state index in [1.807, 2.05) is 74.5 Å². The van der Waals surface area contributed by atoms with Crippen LogP contribution >= 0.6 is 0 Å². The van der Waals surface area contributed by atoms with Gasteiger partial charge in [-0.05, 0) is 59.7 Å². The van der Waals surface area contributed by atoms with Crippen LogP contribution in [0.4, 0.5) is 11.4 Å². The summed E-state index contributed by atoms with van der Waals surface area (Å²) in [5.74, 6) is 12.6. The molecule has 0 heterocycles. The number of nitrogens with two attached hydrogens (primary N) is 2. The number of hydrogen-bond acceptors (Lipinski definition) is 4. The molecule has 35 heavy (non-hydrogen) atoms. The van der Waals surface area contributed by atoms with Crippen LogP contribution in [0.15, 0.2) is 84.9 Å². The van der Waals surface area contributed by atoms with Gasteiger partial charge >= 0.3 is 0 Å². The van der Waals surface area contributed by atoms with Crippen LogP contribution in [-0.2, 0) is 5.41 Å². The largest absolute Gasteiger partial charge is 0.506 e. The molecule has 4 heteroatoms. The molecule has 4 nitrogen and oxygen atoms in total. The van der Waals surface area contributed by atoms with E-state index in [4.69, 9.17) is 11.5 Å². The molecule has 6 N–H and O–H groups in total. The minimum Gasteiger partial charge on any atom is -0.506 e. The van der Waals surface area contributed by atoms with Crippen LogP contribution in [0.5, 0.6) is 11.5 Å². The van der Waals surface area contributed by atoms with Gasteiger partial charge in [-0.25, -0.2) is 0 Å². The van der Waals surface area contributed by atoms with Crippen LogP contribution in [0.2, 0.25) is 0 Å². The first-order chi connectivity index (χ1) is 16.8. The van der Waals surface area contributed by atoms with Gasteiger partial charge in [0, 0.05) is 27.7 Å². The first-order valence-corrected chi connectivity index (χ1v) is 11.2. The molecule has 0 fully saturated rings. The average molecular weight is 459 g/mol. The Bertz CT molecular complexity index is 1390. The van der Waals surface area contributed by atoms with E-state index < -0.39 is 5.41 Å². The van der Waals surface area contributed by atoms with Gasteiger partial charge in [0.2, 0.25) is 0 Å². The summed E-state index contributed by atoms with van der Waals surface area (Å²) >= 11 is 0. The Kier molecular flexibility index (Phi) is 6.40. The third-order valence-electron chi connectivity index (χ3n) is 5.91. The molecule has 0 spiro atoms. The van der Waals surface area contributed by atoms with Gasteiger partial charge in [0.15, 0.2) is 0 Å². The van der Waals surface area contributed by atoms with Crippen molar-refractivity contribution in [2.45, 2.75) is 19.3 Å². The fourth-order valence-electron chi connectivity index (χ4n) is 3.92. The number of hydrogen-bond donors (Lipinski definition) is 4. The predicted octanol–water partition coefficient (Wildman–Crippen LogP) is 5.39. The molecule has 0 saturated carbocycles. The second-order valence-electron chi connectivity index (χ2n) is 8.77. The normalized spacial score (nSPS) is 10.6. The Morgan fingerprint density at radius 1 is 0.571 bits per heavy atom. The lowest BCUT2D eigenvalue weighted by Crippen LogP contribution is -2.22. The second kappa shape index (κ2) is 9.59. The fraction of sp³-hybridized carbons (Fsp3) is 0.0968. The summed E-state index contributed by atoms with van der Waals surface area (Å²) in [6.07, 6.45) is 0. The molecular weight excluding hydrogens is 432 g/mol. The van der Waals surface area contributed by atoms with Crippen molar-refractivity contribution in [3.63, 3.8) is 0 Å². The lowest BCUT2D eigenvalue weighted by Gasteiger charge is -2.29. The van der Waals surface area contributed by atoms with Gasteiger partial charge in [0.25, 0.3) is 0 Å². The Hall–Kier alpha value is -4.80. The quantitative estimate of drug-likeness (QED) is 0.184. The maximum atomic E-state index is 10.3. The number of aromatic hydroxyl groups is 2. The highest BCUT2D eigenvalue weighted by molar-refractivity contribution is 5.67. The molecule has 0 bridgehead atoms. The van der Waals surface area contributed by atoms with Crippen molar-refractivity contribution in [2.75, 3.05) is 11.5 Å². The van der Waals surface area contributed by atoms with Crippen molar-refractivity contribution in [3.05, 3.63) is 118 Å². The third kappa shape index (κ3) is 5.08. The highest BCUT2D eigenvalue weighted by Crippen LogP contribution is 2.41. The maximum absolute atomic E-state index is 10.3. The molecule has 0 aliphatic carbocycles. The first-order valence-electron chi connectivity index (χ1n) is 11.2. The standard InChI is InChI=1S/C31H26N2O2/c1-31(2,25-19-27(32)29(34)17-23(25)15-13-21-9-5-3-6-10-21)26-20-28(33)30(35)18-24(26)16-14-22-11-7-4-8-12-22/h3-12,17-20,34-35H,32-33H2,1-2H3. The van der Waals surface area contributed by atoms with Crippen LogP contribution in [0.3, 0.4) is 0 Å². The molecule has 0 aromatic heterocycles. The van der Waals surface area contributed by atoms with E-state index in [1.54, 1.807) is 24.3 Å². The smallest absolute Gasteiger partial charge is 0.139 e. The number of phenolic OH excluding ortho intramolecular Hbond substituents is 2. The van der Waals surface area contributed by atoms with E-state index in [0.717, 1.165) is 22.3 Å². The van der Waals surface area contributed by atoms with Crippen LogP contribution in [0.25, 0.3) is 0 Å². The van der Waals surface area contributed by atoms with Gasteiger partial charge in [-0.3, -0.25) is 0 Å². The molecule has 0 radical (unpaired) electrons. The zero-order chi connectivity index (χ0) is 25.0. The summed E-state index contributed by atoms with van der Waals surface area (Å²) in [4.78, 5) is 0. The molecule has 172 valence electrons.